The van der Waals surface area contributed by atoms with Gasteiger partial charge in [-0.25, -0.2) is 0 Å². The van der Waals surface area contributed by atoms with Crippen molar-refractivity contribution in [2.75, 3.05) is 6.54 Å². The molecule has 4 rings (SSSR count). The normalized spacial score (nSPS) is 13.3. The van der Waals surface area contributed by atoms with Crippen molar-refractivity contribution < 1.29 is 4.74 Å². The Kier molecular flexibility index (Phi) is 4.49. The summed E-state index contributed by atoms with van der Waals surface area (Å²) in [6, 6.07) is 20.8. The number of pyridine rings is 1. The number of hydrogen-bond donors (Lipinski definition) is 1. The van der Waals surface area contributed by atoms with Crippen molar-refractivity contribution in [1.29, 1.82) is 0 Å². The molecule has 0 amide bonds. The molecule has 1 N–H and O–H groups in total. The number of nitrogens with zero attached hydrogens (tertiary/aromatic N) is 1. The molecule has 25 heavy (non-hydrogen) atoms. The molecular formula is C22H22N2O. The summed E-state index contributed by atoms with van der Waals surface area (Å²) in [7, 11) is 0. The van der Waals surface area contributed by atoms with E-state index in [0.717, 1.165) is 31.0 Å². The Morgan fingerprint density at radius 1 is 1.04 bits per heavy atom. The minimum Gasteiger partial charge on any atom is -0.489 e. The molecule has 0 atom stereocenters. The van der Waals surface area contributed by atoms with Crippen molar-refractivity contribution in [3.8, 4) is 17.0 Å². The van der Waals surface area contributed by atoms with Crippen molar-refractivity contribution in [2.24, 2.45) is 0 Å². The van der Waals surface area contributed by atoms with Gasteiger partial charge in [0.2, 0.25) is 0 Å². The monoisotopic (exact) mass is 330 g/mol. The molecule has 2 aromatic carbocycles. The minimum absolute atomic E-state index is 0.587. The van der Waals surface area contributed by atoms with E-state index in [1.54, 1.807) is 0 Å². The van der Waals surface area contributed by atoms with Crippen molar-refractivity contribution in [3.05, 3.63) is 83.0 Å². The molecule has 3 aromatic rings. The van der Waals surface area contributed by atoms with Gasteiger partial charge in [-0.05, 0) is 47.9 Å². The summed E-state index contributed by atoms with van der Waals surface area (Å²) >= 11 is 0. The summed E-state index contributed by atoms with van der Waals surface area (Å²) in [5.74, 6) is 0.896. The predicted molar refractivity (Wildman–Crippen MR) is 101 cm³/mol. The first-order valence-electron chi connectivity index (χ1n) is 8.77. The van der Waals surface area contributed by atoms with Crippen LogP contribution in [0, 0.1) is 6.92 Å². The number of fused-ring (bicyclic) bond motifs is 1. The highest BCUT2D eigenvalue weighted by molar-refractivity contribution is 5.65. The summed E-state index contributed by atoms with van der Waals surface area (Å²) in [5, 5.41) is 3.39. The second kappa shape index (κ2) is 7.08. The summed E-state index contributed by atoms with van der Waals surface area (Å²) in [4.78, 5) is 4.89. The molecule has 0 saturated carbocycles. The average Bonchev–Trinajstić information content (AvgIpc) is 2.67. The van der Waals surface area contributed by atoms with Crippen LogP contribution in [0.2, 0.25) is 0 Å². The molecule has 1 aliphatic heterocycles. The Morgan fingerprint density at radius 3 is 2.76 bits per heavy atom. The summed E-state index contributed by atoms with van der Waals surface area (Å²) in [6.45, 7) is 4.64. The highest BCUT2D eigenvalue weighted by Gasteiger charge is 2.12. The van der Waals surface area contributed by atoms with Gasteiger partial charge >= 0.3 is 0 Å². The van der Waals surface area contributed by atoms with Crippen LogP contribution < -0.4 is 10.1 Å². The lowest BCUT2D eigenvalue weighted by molar-refractivity contribution is 0.306. The quantitative estimate of drug-likeness (QED) is 0.775. The molecule has 0 spiro atoms. The Balaban J connectivity index is 1.53. The number of aryl methyl sites for hydroxylation is 1. The van der Waals surface area contributed by atoms with E-state index in [1.807, 2.05) is 24.3 Å². The molecular weight excluding hydrogens is 308 g/mol. The molecule has 0 aliphatic carbocycles. The van der Waals surface area contributed by atoms with E-state index in [2.05, 4.69) is 48.6 Å². The highest BCUT2D eigenvalue weighted by atomic mass is 16.5. The second-order valence-corrected chi connectivity index (χ2v) is 6.48. The van der Waals surface area contributed by atoms with E-state index in [1.165, 1.54) is 27.9 Å². The first-order chi connectivity index (χ1) is 12.3. The van der Waals surface area contributed by atoms with Gasteiger partial charge in [0, 0.05) is 30.8 Å². The number of hydrogen-bond acceptors (Lipinski definition) is 3. The van der Waals surface area contributed by atoms with Crippen LogP contribution >= 0.6 is 0 Å². The topological polar surface area (TPSA) is 34.1 Å². The van der Waals surface area contributed by atoms with Gasteiger partial charge < -0.3 is 10.1 Å². The van der Waals surface area contributed by atoms with Crippen molar-refractivity contribution >= 4 is 0 Å². The van der Waals surface area contributed by atoms with Crippen LogP contribution in [0.15, 0.2) is 60.7 Å². The van der Waals surface area contributed by atoms with E-state index in [4.69, 9.17) is 9.72 Å². The zero-order valence-electron chi connectivity index (χ0n) is 14.5. The smallest absolute Gasteiger partial charge is 0.120 e. The van der Waals surface area contributed by atoms with Crippen LogP contribution in [0.1, 0.15) is 22.4 Å². The first-order valence-corrected chi connectivity index (χ1v) is 8.77. The van der Waals surface area contributed by atoms with Crippen molar-refractivity contribution in [3.63, 3.8) is 0 Å². The standard InChI is InChI=1S/C22H22N2O/c1-16-13-19(25-15-17-5-3-2-4-6-17)8-9-20(16)22-10-7-18-14-23-12-11-21(18)24-22/h2-10,13,23H,11-12,14-15H2,1H3. The van der Waals surface area contributed by atoms with Crippen LogP contribution in [-0.4, -0.2) is 11.5 Å². The molecule has 1 aliphatic rings. The highest BCUT2D eigenvalue weighted by Crippen LogP contribution is 2.27. The molecule has 3 heteroatoms. The Hall–Kier alpha value is -2.65. The molecule has 0 fully saturated rings. The van der Waals surface area contributed by atoms with E-state index < -0.39 is 0 Å². The average molecular weight is 330 g/mol. The van der Waals surface area contributed by atoms with Crippen LogP contribution in [0.25, 0.3) is 11.3 Å². The molecule has 0 saturated heterocycles. The van der Waals surface area contributed by atoms with Gasteiger partial charge in [0.15, 0.2) is 0 Å². The predicted octanol–water partition coefficient (Wildman–Crippen LogP) is 4.28. The molecule has 0 radical (unpaired) electrons. The fraction of sp³-hybridized carbons (Fsp3) is 0.227. The fourth-order valence-electron chi connectivity index (χ4n) is 3.24. The molecule has 3 nitrogen and oxygen atoms in total. The summed E-state index contributed by atoms with van der Waals surface area (Å²) in [5.41, 5.74) is 7.12. The summed E-state index contributed by atoms with van der Waals surface area (Å²) in [6.07, 6.45) is 1.00. The SMILES string of the molecule is Cc1cc(OCc2ccccc2)ccc1-c1ccc2c(n1)CCNC2. The zero-order valence-corrected chi connectivity index (χ0v) is 14.5. The van der Waals surface area contributed by atoms with Crippen LogP contribution in [-0.2, 0) is 19.6 Å². The van der Waals surface area contributed by atoms with Gasteiger partial charge in [0.25, 0.3) is 0 Å². The molecule has 126 valence electrons. The van der Waals surface area contributed by atoms with Crippen LogP contribution in [0.3, 0.4) is 0 Å². The number of rotatable bonds is 4. The summed E-state index contributed by atoms with van der Waals surface area (Å²) < 4.78 is 5.93. The number of benzene rings is 2. The van der Waals surface area contributed by atoms with E-state index in [-0.39, 0.29) is 0 Å². The van der Waals surface area contributed by atoms with Crippen LogP contribution in [0.5, 0.6) is 5.75 Å². The molecule has 0 bridgehead atoms. The van der Waals surface area contributed by atoms with Crippen molar-refractivity contribution in [2.45, 2.75) is 26.5 Å². The number of aromatic nitrogens is 1. The van der Waals surface area contributed by atoms with Gasteiger partial charge in [-0.15, -0.1) is 0 Å². The molecule has 2 heterocycles. The zero-order chi connectivity index (χ0) is 17.1. The van der Waals surface area contributed by atoms with Gasteiger partial charge in [0.1, 0.15) is 12.4 Å². The Morgan fingerprint density at radius 2 is 1.92 bits per heavy atom. The van der Waals surface area contributed by atoms with Gasteiger partial charge in [0.05, 0.1) is 5.69 Å². The van der Waals surface area contributed by atoms with Crippen LogP contribution in [0.4, 0.5) is 0 Å². The maximum atomic E-state index is 5.93. The van der Waals surface area contributed by atoms with E-state index in [0.29, 0.717) is 6.61 Å². The van der Waals surface area contributed by atoms with Gasteiger partial charge in [-0.3, -0.25) is 4.98 Å². The third kappa shape index (κ3) is 3.57. The molecule has 0 unspecified atom stereocenters. The lowest BCUT2D eigenvalue weighted by Gasteiger charge is -2.17. The largest absolute Gasteiger partial charge is 0.489 e. The third-order valence-electron chi connectivity index (χ3n) is 4.64. The number of ether oxygens (including phenoxy) is 1. The lowest BCUT2D eigenvalue weighted by atomic mass is 10.0. The third-order valence-corrected chi connectivity index (χ3v) is 4.64. The van der Waals surface area contributed by atoms with Gasteiger partial charge in [-0.2, -0.15) is 0 Å². The fourth-order valence-corrected chi connectivity index (χ4v) is 3.24. The van der Waals surface area contributed by atoms with Gasteiger partial charge in [-0.1, -0.05) is 36.4 Å². The lowest BCUT2D eigenvalue weighted by Crippen LogP contribution is -2.24. The second-order valence-electron chi connectivity index (χ2n) is 6.48. The maximum Gasteiger partial charge on any atom is 0.120 e. The minimum atomic E-state index is 0.587. The Bertz CT molecular complexity index is 874. The first kappa shape index (κ1) is 15.9. The van der Waals surface area contributed by atoms with Crippen molar-refractivity contribution in [1.82, 2.24) is 10.3 Å². The molecule has 1 aromatic heterocycles. The van der Waals surface area contributed by atoms with E-state index >= 15 is 0 Å². The maximum absolute atomic E-state index is 5.93. The van der Waals surface area contributed by atoms with E-state index in [9.17, 15) is 0 Å². The Labute approximate surface area is 148 Å². The number of nitrogens with one attached hydrogen (secondary N) is 1.